The summed E-state index contributed by atoms with van der Waals surface area (Å²) < 4.78 is 2.81. The van der Waals surface area contributed by atoms with Gasteiger partial charge in [-0.2, -0.15) is 0 Å². The first kappa shape index (κ1) is 47.6. The van der Waals surface area contributed by atoms with Crippen LogP contribution in [-0.4, -0.2) is 51.9 Å². The molecule has 0 radical (unpaired) electrons. The van der Waals surface area contributed by atoms with Crippen molar-refractivity contribution in [2.75, 3.05) is 0 Å². The molecule has 0 aliphatic carbocycles. The van der Waals surface area contributed by atoms with Gasteiger partial charge in [-0.1, -0.05) is 68.1 Å². The number of rotatable bonds is 10. The van der Waals surface area contributed by atoms with Crippen LogP contribution in [0.3, 0.4) is 0 Å². The van der Waals surface area contributed by atoms with E-state index in [2.05, 4.69) is 30.7 Å². The quantitative estimate of drug-likeness (QED) is 0.0720. The highest BCUT2D eigenvalue weighted by Crippen LogP contribution is 2.39. The number of nitrogens with zero attached hydrogens (tertiary/aromatic N) is 6. The maximum absolute atomic E-state index is 12.9. The fourth-order valence-electron chi connectivity index (χ4n) is 6.94. The number of carboxylic acids is 2. The molecule has 0 unspecified atom stereocenters. The molecule has 16 heteroatoms. The molecule has 6 N–H and O–H groups in total. The third-order valence-electron chi connectivity index (χ3n) is 11.0. The van der Waals surface area contributed by atoms with E-state index in [1.807, 2.05) is 64.1 Å². The van der Waals surface area contributed by atoms with E-state index >= 15 is 0 Å². The largest absolute Gasteiger partial charge is 0.505 e. The van der Waals surface area contributed by atoms with Gasteiger partial charge in [-0.15, -0.1) is 20.5 Å². The molecule has 0 atom stereocenters. The Morgan fingerprint density at radius 1 is 0.478 bits per heavy atom. The van der Waals surface area contributed by atoms with Crippen LogP contribution in [0.25, 0.3) is 33.6 Å². The second-order valence-corrected chi connectivity index (χ2v) is 15.5. The summed E-state index contributed by atoms with van der Waals surface area (Å²) in [6, 6.07) is 33.7. The van der Waals surface area contributed by atoms with E-state index in [9.17, 15) is 39.6 Å². The Balaban J connectivity index is 0.000000218. The number of carboxylic acid groups (broad SMARTS) is 2. The van der Waals surface area contributed by atoms with Crippen molar-refractivity contribution in [3.05, 3.63) is 187 Å². The summed E-state index contributed by atoms with van der Waals surface area (Å²) in [5.41, 5.74) is 8.76. The molecule has 0 bridgehead atoms. The number of aromatic amines is 2. The lowest BCUT2D eigenvalue weighted by Gasteiger charge is -2.07. The number of carbonyl (C=O) groups is 2. The molecule has 8 rings (SSSR count). The fraction of sp³-hybridized carbons (Fsp3) is 0.137. The lowest BCUT2D eigenvalue weighted by Crippen LogP contribution is -2.14. The van der Waals surface area contributed by atoms with Crippen LogP contribution in [0.5, 0.6) is 11.5 Å². The highest BCUT2D eigenvalue weighted by molar-refractivity contribution is 5.91. The van der Waals surface area contributed by atoms with Crippen molar-refractivity contribution in [3.8, 4) is 45.1 Å². The SMILES string of the molecule is C.Cc1ccc(-n2[nH]c(C)c(N=Nc3cccc(-c4cccc(C(=O)O)c4)c3O)c2=O)cc1C.Cc1ccc(-n2[nH]c(C)c(N=Nc3cccc(-c4cccc(C(=O)O)c4)c3O)c2=O)cc1C. The zero-order valence-electron chi connectivity index (χ0n) is 36.7. The van der Waals surface area contributed by atoms with Crippen LogP contribution >= 0.6 is 0 Å². The molecule has 2 aromatic heterocycles. The topological polar surface area (TPSA) is 240 Å². The number of nitrogens with one attached hydrogen (secondary N) is 2. The summed E-state index contributed by atoms with van der Waals surface area (Å²) >= 11 is 0. The predicted molar refractivity (Wildman–Crippen MR) is 257 cm³/mol. The van der Waals surface area contributed by atoms with E-state index in [0.29, 0.717) is 45.0 Å². The van der Waals surface area contributed by atoms with Crippen LogP contribution in [0, 0.1) is 41.5 Å². The van der Waals surface area contributed by atoms with E-state index < -0.39 is 11.9 Å². The van der Waals surface area contributed by atoms with Gasteiger partial charge in [-0.25, -0.2) is 19.0 Å². The van der Waals surface area contributed by atoms with Gasteiger partial charge in [-0.3, -0.25) is 19.8 Å². The molecule has 0 aliphatic rings. The number of aryl methyl sites for hydroxylation is 6. The van der Waals surface area contributed by atoms with Gasteiger partial charge < -0.3 is 20.4 Å². The second kappa shape index (κ2) is 19.9. The number of hydrogen-bond donors (Lipinski definition) is 6. The monoisotopic (exact) mass is 900 g/mol. The van der Waals surface area contributed by atoms with Crippen LogP contribution in [0.4, 0.5) is 22.7 Å². The Morgan fingerprint density at radius 2 is 0.851 bits per heavy atom. The third kappa shape index (κ3) is 10.1. The lowest BCUT2D eigenvalue weighted by atomic mass is 10.0. The van der Waals surface area contributed by atoms with Crippen molar-refractivity contribution < 1.29 is 30.0 Å². The van der Waals surface area contributed by atoms with Crippen LogP contribution in [0.2, 0.25) is 0 Å². The molecule has 0 spiro atoms. The Bertz CT molecular complexity index is 3150. The molecule has 16 nitrogen and oxygen atoms in total. The van der Waals surface area contributed by atoms with Gasteiger partial charge in [0.05, 0.1) is 33.9 Å². The molecule has 0 saturated carbocycles. The predicted octanol–water partition coefficient (Wildman–Crippen LogP) is 11.8. The van der Waals surface area contributed by atoms with E-state index in [0.717, 1.165) is 22.3 Å². The number of aromatic hydroxyl groups is 2. The standard InChI is InChI=1S/2C25H22N4O4.CH4/c2*1-14-10-11-19(12-15(14)2)29-24(31)22(16(3)28-29)27-26-21-9-5-8-20(23(21)30)17-6-4-7-18(13-17)25(32)33;/h2*4-13,28,30H,1-3H3,(H,32,33);1H4. The van der Waals surface area contributed by atoms with E-state index in [1.54, 1.807) is 74.5 Å². The first-order valence-corrected chi connectivity index (χ1v) is 20.5. The van der Waals surface area contributed by atoms with Crippen molar-refractivity contribution in [1.82, 2.24) is 19.6 Å². The van der Waals surface area contributed by atoms with E-state index in [-0.39, 0.29) is 63.9 Å². The molecular formula is C51H48N8O8. The molecule has 0 amide bonds. The molecular weight excluding hydrogens is 853 g/mol. The third-order valence-corrected chi connectivity index (χ3v) is 11.0. The number of azo groups is 2. The van der Waals surface area contributed by atoms with Crippen LogP contribution < -0.4 is 11.1 Å². The Morgan fingerprint density at radius 3 is 1.21 bits per heavy atom. The van der Waals surface area contributed by atoms with Gasteiger partial charge >= 0.3 is 11.9 Å². The average Bonchev–Trinajstić information content (AvgIpc) is 3.75. The summed E-state index contributed by atoms with van der Waals surface area (Å²) in [5.74, 6) is -2.44. The summed E-state index contributed by atoms with van der Waals surface area (Å²) in [4.78, 5) is 48.4. The number of H-pyrrole nitrogens is 2. The maximum atomic E-state index is 12.9. The number of phenols is 2. The zero-order valence-corrected chi connectivity index (χ0v) is 36.7. The number of phenolic OH excluding ortho intramolecular Hbond substituents is 2. The zero-order chi connectivity index (χ0) is 47.4. The minimum Gasteiger partial charge on any atom is -0.505 e. The van der Waals surface area contributed by atoms with Gasteiger partial charge in [0.15, 0.2) is 22.9 Å². The molecule has 2 heterocycles. The number of aromatic nitrogens is 4. The van der Waals surface area contributed by atoms with Gasteiger partial charge in [0, 0.05) is 11.1 Å². The highest BCUT2D eigenvalue weighted by atomic mass is 16.4. The molecule has 340 valence electrons. The molecule has 8 aromatic rings. The van der Waals surface area contributed by atoms with Crippen LogP contribution in [-0.2, 0) is 0 Å². The number of benzene rings is 6. The van der Waals surface area contributed by atoms with Crippen LogP contribution in [0.1, 0.15) is 61.8 Å². The highest BCUT2D eigenvalue weighted by Gasteiger charge is 2.17. The van der Waals surface area contributed by atoms with Crippen molar-refractivity contribution in [1.29, 1.82) is 0 Å². The molecule has 0 saturated heterocycles. The van der Waals surface area contributed by atoms with Gasteiger partial charge in [0.2, 0.25) is 0 Å². The van der Waals surface area contributed by atoms with Gasteiger partial charge in [0.25, 0.3) is 11.1 Å². The lowest BCUT2D eigenvalue weighted by molar-refractivity contribution is 0.0686. The summed E-state index contributed by atoms with van der Waals surface area (Å²) in [6.07, 6.45) is 0. The molecule has 0 fully saturated rings. The van der Waals surface area contributed by atoms with Crippen LogP contribution in [0.15, 0.2) is 151 Å². The first-order chi connectivity index (χ1) is 31.5. The smallest absolute Gasteiger partial charge is 0.335 e. The van der Waals surface area contributed by atoms with Gasteiger partial charge in [0.1, 0.15) is 11.4 Å². The Hall–Kier alpha value is -8.92. The van der Waals surface area contributed by atoms with Crippen molar-refractivity contribution >= 4 is 34.7 Å². The first-order valence-electron chi connectivity index (χ1n) is 20.5. The summed E-state index contributed by atoms with van der Waals surface area (Å²) in [5, 5.41) is 62.4. The normalized spacial score (nSPS) is 11.1. The molecule has 6 aromatic carbocycles. The Labute approximate surface area is 384 Å². The number of hydrogen-bond acceptors (Lipinski definition) is 10. The van der Waals surface area contributed by atoms with Crippen molar-refractivity contribution in [2.45, 2.75) is 49.0 Å². The Kier molecular flexibility index (Phi) is 14.1. The fourth-order valence-corrected chi connectivity index (χ4v) is 6.94. The van der Waals surface area contributed by atoms with Crippen molar-refractivity contribution in [2.24, 2.45) is 20.5 Å². The van der Waals surface area contributed by atoms with E-state index in [4.69, 9.17) is 0 Å². The molecule has 0 aliphatic heterocycles. The maximum Gasteiger partial charge on any atom is 0.335 e. The number of para-hydroxylation sites is 2. The average molecular weight is 901 g/mol. The van der Waals surface area contributed by atoms with Gasteiger partial charge in [-0.05, 0) is 136 Å². The summed E-state index contributed by atoms with van der Waals surface area (Å²) in [6.45, 7) is 11.4. The minimum atomic E-state index is -1.06. The van der Waals surface area contributed by atoms with Crippen molar-refractivity contribution in [3.63, 3.8) is 0 Å². The second-order valence-electron chi connectivity index (χ2n) is 15.5. The molecule has 67 heavy (non-hydrogen) atoms. The van der Waals surface area contributed by atoms with E-state index in [1.165, 1.54) is 33.6 Å². The minimum absolute atomic E-state index is 0. The number of aromatic carboxylic acids is 2. The summed E-state index contributed by atoms with van der Waals surface area (Å²) in [7, 11) is 0.